The molecule has 0 aromatic heterocycles. The molecule has 0 aliphatic carbocycles. The summed E-state index contributed by atoms with van der Waals surface area (Å²) in [6.07, 6.45) is 4.42. The van der Waals surface area contributed by atoms with E-state index in [-0.39, 0.29) is 63.2 Å². The summed E-state index contributed by atoms with van der Waals surface area (Å²) < 4.78 is 68.6. The van der Waals surface area contributed by atoms with Gasteiger partial charge < -0.3 is 82.0 Å². The van der Waals surface area contributed by atoms with Crippen molar-refractivity contribution < 1.29 is 85.9 Å². The van der Waals surface area contributed by atoms with Crippen LogP contribution in [0.15, 0.2) is 231 Å². The van der Waals surface area contributed by atoms with Crippen LogP contribution >= 0.6 is 0 Å². The van der Waals surface area contributed by atoms with E-state index in [1.807, 2.05) is 202 Å². The number of unbranched alkanes of at least 4 members (excludes halogenated alkanes) is 2. The first kappa shape index (κ1) is 89.7. The second-order valence-corrected chi connectivity index (χ2v) is 31.5. The fourth-order valence-electron chi connectivity index (χ4n) is 14.2. The quantitative estimate of drug-likeness (QED) is 0.0356. The molecule has 24 nitrogen and oxygen atoms in total. The molecule has 640 valence electrons. The number of hydrogen-bond acceptors (Lipinski definition) is 19. The summed E-state index contributed by atoms with van der Waals surface area (Å²) >= 11 is 0. The van der Waals surface area contributed by atoms with Crippen LogP contribution in [0.3, 0.4) is 0 Å². The average Bonchev–Trinajstić information content (AvgIpc) is 0.787. The van der Waals surface area contributed by atoms with Crippen molar-refractivity contribution in [1.82, 2.24) is 15.1 Å². The van der Waals surface area contributed by atoms with Crippen LogP contribution in [0.4, 0.5) is 26.7 Å². The van der Waals surface area contributed by atoms with Crippen molar-refractivity contribution in [2.45, 2.75) is 123 Å². The van der Waals surface area contributed by atoms with Crippen molar-refractivity contribution in [2.24, 2.45) is 0 Å². The first-order chi connectivity index (χ1) is 58.6. The molecule has 0 spiro atoms. The number of carbonyl (C=O) groups excluding carboxylic acids is 5. The molecule has 3 heterocycles. The highest BCUT2D eigenvalue weighted by molar-refractivity contribution is 5.99. The number of nitrogens with zero attached hydrogens (tertiary/aromatic N) is 5. The van der Waals surface area contributed by atoms with Gasteiger partial charge in [0.1, 0.15) is 83.5 Å². The minimum absolute atomic E-state index is 0.0224. The summed E-state index contributed by atoms with van der Waals surface area (Å²) in [5.41, 5.74) is 4.12. The lowest BCUT2D eigenvalue weighted by atomic mass is 10.1. The summed E-state index contributed by atoms with van der Waals surface area (Å²) in [4.78, 5) is 72.5. The Bertz CT molecular complexity index is 4960. The number of aliphatic hydroxyl groups is 1. The first-order valence-electron chi connectivity index (χ1n) is 41.3. The van der Waals surface area contributed by atoms with Crippen LogP contribution in [0.25, 0.3) is 21.5 Å². The van der Waals surface area contributed by atoms with Gasteiger partial charge in [0.25, 0.3) is 0 Å². The van der Waals surface area contributed by atoms with Gasteiger partial charge in [0, 0.05) is 60.7 Å². The SMILES string of the molecule is COc1ccccc1CCCCCOc1ccc(N2C(=O)CN(C(=O)OC(C)(C)C)C[C@@H]2COc2ccc3ccccc3c2)cc1.COc1ccccc1COCCCOc1ccc(N2C(=O)CN(C(=O)OC(C)(C)C)C[C@@H]2CO)cc1.COc1ccccc1COCCCOc1ccc(N2C(=O)CNC[C@@H]2COc2ccc3ccccc3c2)cc1. The van der Waals surface area contributed by atoms with E-state index in [0.717, 1.165) is 105 Å². The number of methoxy groups -OCH3 is 3. The number of nitrogens with one attached hydrogen (secondary N) is 1. The Hall–Kier alpha value is -12.1. The smallest absolute Gasteiger partial charge is 0.410 e. The summed E-state index contributed by atoms with van der Waals surface area (Å²) in [5.74, 6) is 5.78. The molecule has 10 aromatic carbocycles. The number of anilines is 3. The normalized spacial score (nSPS) is 15.5. The third-order valence-corrected chi connectivity index (χ3v) is 20.1. The highest BCUT2D eigenvalue weighted by atomic mass is 16.6. The van der Waals surface area contributed by atoms with E-state index in [1.54, 1.807) is 71.3 Å². The van der Waals surface area contributed by atoms with Crippen molar-refractivity contribution in [2.75, 3.05) is 128 Å². The van der Waals surface area contributed by atoms with E-state index in [9.17, 15) is 29.1 Å². The Kier molecular flexibility index (Phi) is 33.2. The number of aliphatic hydroxyl groups excluding tert-OH is 1. The second kappa shape index (κ2) is 44.8. The van der Waals surface area contributed by atoms with Gasteiger partial charge >= 0.3 is 12.2 Å². The second-order valence-electron chi connectivity index (χ2n) is 31.5. The van der Waals surface area contributed by atoms with Crippen molar-refractivity contribution in [3.63, 3.8) is 0 Å². The molecule has 3 aliphatic rings. The van der Waals surface area contributed by atoms with Crippen LogP contribution in [0, 0.1) is 0 Å². The third-order valence-electron chi connectivity index (χ3n) is 20.1. The van der Waals surface area contributed by atoms with Crippen LogP contribution in [-0.2, 0) is 53.0 Å². The maximum absolute atomic E-state index is 13.6. The van der Waals surface area contributed by atoms with E-state index in [1.165, 1.54) is 25.6 Å². The largest absolute Gasteiger partial charge is 0.496 e. The highest BCUT2D eigenvalue weighted by Gasteiger charge is 2.40. The van der Waals surface area contributed by atoms with Crippen LogP contribution in [0.1, 0.15) is 90.3 Å². The first-order valence-corrected chi connectivity index (χ1v) is 41.3. The number of benzene rings is 10. The molecule has 3 fully saturated rings. The zero-order valence-electron chi connectivity index (χ0n) is 70.9. The van der Waals surface area contributed by atoms with Crippen LogP contribution in [0.5, 0.6) is 46.0 Å². The number of fused-ring (bicyclic) bond motifs is 2. The number of rotatable bonds is 34. The lowest BCUT2D eigenvalue weighted by Gasteiger charge is -2.41. The van der Waals surface area contributed by atoms with Crippen molar-refractivity contribution in [1.29, 1.82) is 0 Å². The van der Waals surface area contributed by atoms with E-state index in [0.29, 0.717) is 89.6 Å². The zero-order valence-corrected chi connectivity index (χ0v) is 70.9. The Labute approximate surface area is 709 Å². The number of amides is 5. The molecular weight excluding hydrogens is 1540 g/mol. The fraction of sp³-hybridized carbons (Fsp3) is 0.371. The van der Waals surface area contributed by atoms with Gasteiger partial charge in [-0.25, -0.2) is 9.59 Å². The van der Waals surface area contributed by atoms with Crippen molar-refractivity contribution in [3.8, 4) is 46.0 Å². The maximum atomic E-state index is 13.6. The number of hydrogen-bond donors (Lipinski definition) is 2. The fourth-order valence-corrected chi connectivity index (χ4v) is 14.2. The number of piperazine rings is 3. The molecule has 0 unspecified atom stereocenters. The highest BCUT2D eigenvalue weighted by Crippen LogP contribution is 2.32. The van der Waals surface area contributed by atoms with E-state index < -0.39 is 35.5 Å². The topological polar surface area (TPSA) is 245 Å². The van der Waals surface area contributed by atoms with Crippen molar-refractivity contribution in [3.05, 3.63) is 247 Å². The van der Waals surface area contributed by atoms with E-state index >= 15 is 0 Å². The molecule has 0 bridgehead atoms. The molecule has 10 aromatic rings. The van der Waals surface area contributed by atoms with Gasteiger partial charge in [-0.05, 0) is 210 Å². The van der Waals surface area contributed by atoms with Gasteiger partial charge in [0.15, 0.2) is 0 Å². The lowest BCUT2D eigenvalue weighted by molar-refractivity contribution is -0.123. The Morgan fingerprint density at radius 3 is 1.20 bits per heavy atom. The number of aryl methyl sites for hydroxylation is 1. The molecule has 3 aliphatic heterocycles. The number of carbonyl (C=O) groups is 5. The Morgan fingerprint density at radius 1 is 0.388 bits per heavy atom. The molecule has 2 N–H and O–H groups in total. The van der Waals surface area contributed by atoms with Crippen LogP contribution < -0.4 is 57.9 Å². The molecule has 0 saturated carbocycles. The molecular formula is C97H114N6O18. The molecule has 0 radical (unpaired) electrons. The van der Waals surface area contributed by atoms with Crippen molar-refractivity contribution >= 4 is 68.5 Å². The molecule has 3 saturated heterocycles. The minimum Gasteiger partial charge on any atom is -0.496 e. The van der Waals surface area contributed by atoms with Gasteiger partial charge in [0.2, 0.25) is 17.7 Å². The predicted octanol–water partition coefficient (Wildman–Crippen LogP) is 16.5. The van der Waals surface area contributed by atoms with E-state index in [4.69, 9.17) is 56.8 Å². The monoisotopic (exact) mass is 1650 g/mol. The van der Waals surface area contributed by atoms with Gasteiger partial charge in [0.05, 0.1) is 98.9 Å². The summed E-state index contributed by atoms with van der Waals surface area (Å²) in [6.45, 7) is 16.1. The average molecular weight is 1650 g/mol. The standard InChI is InChI=1S/C38H44N2O6.C32H34N2O5.C27H36N2O7/c1-38(2,3)46-37(42)39-25-32(27-45-34-20-17-28-12-7-8-15-30(28)24-34)40(36(41)26-39)31-18-21-33(22-19-31)44-23-11-5-6-13-29-14-9-10-16-35(29)43-4;1-36-31-10-5-4-9-26(31)22-37-17-6-18-38-29-15-12-27(13-16-29)34-28(20-33-21-32(34)35)23-39-30-14-11-24-7-2-3-8-25(24)19-30;1-27(2,3)36-26(32)28-16-22(18-30)29(25(31)17-28)21-10-12-23(13-11-21)35-15-7-14-34-19-20-8-5-6-9-24(20)33-4/h7-10,12,14-22,24,32H,5-6,11,13,23,25-27H2,1-4H3;2-5,7-16,19,28,33H,6,17-18,20-23H2,1H3;5-6,8-13,22,30H,7,14-19H2,1-4H3/t32-;28-;22-/m111/s1. The third kappa shape index (κ3) is 27.0. The predicted molar refractivity (Wildman–Crippen MR) is 469 cm³/mol. The summed E-state index contributed by atoms with van der Waals surface area (Å²) in [6, 6.07) is 73.2. The zero-order chi connectivity index (χ0) is 85.5. The Morgan fingerprint density at radius 2 is 0.760 bits per heavy atom. The van der Waals surface area contributed by atoms with Gasteiger partial charge in [-0.2, -0.15) is 0 Å². The van der Waals surface area contributed by atoms with Gasteiger partial charge in [-0.3, -0.25) is 24.2 Å². The van der Waals surface area contributed by atoms with Gasteiger partial charge in [-0.1, -0.05) is 115 Å². The lowest BCUT2D eigenvalue weighted by Crippen LogP contribution is -2.60. The van der Waals surface area contributed by atoms with Crippen LogP contribution in [-0.4, -0.2) is 188 Å². The van der Waals surface area contributed by atoms with E-state index in [2.05, 4.69) is 35.6 Å². The Balaban J connectivity index is 0.000000179. The molecule has 5 amide bonds. The molecule has 13 rings (SSSR count). The summed E-state index contributed by atoms with van der Waals surface area (Å²) in [7, 11) is 5.01. The van der Waals surface area contributed by atoms with Crippen LogP contribution in [0.2, 0.25) is 0 Å². The molecule has 121 heavy (non-hydrogen) atoms. The maximum Gasteiger partial charge on any atom is 0.410 e. The number of ether oxygens (including phenoxy) is 12. The minimum atomic E-state index is -0.667. The molecule has 24 heteroatoms. The summed E-state index contributed by atoms with van der Waals surface area (Å²) in [5, 5.41) is 17.6. The number of para-hydroxylation sites is 3. The molecule has 3 atom stereocenters. The van der Waals surface area contributed by atoms with Gasteiger partial charge in [-0.15, -0.1) is 0 Å².